The molecule has 0 aromatic rings. The molecule has 1 aliphatic heterocycles. The van der Waals surface area contributed by atoms with Gasteiger partial charge in [-0.05, 0) is 12.8 Å². The second-order valence-corrected chi connectivity index (χ2v) is 3.04. The van der Waals surface area contributed by atoms with Crippen LogP contribution in [-0.4, -0.2) is 36.0 Å². The zero-order valence-electron chi connectivity index (χ0n) is 6.86. The van der Waals surface area contributed by atoms with Crippen LogP contribution in [0, 0.1) is 5.41 Å². The number of hydrogen-bond acceptors (Lipinski definition) is 4. The summed E-state index contributed by atoms with van der Waals surface area (Å²) in [6.07, 6.45) is 1.22. The number of rotatable bonds is 2. The van der Waals surface area contributed by atoms with Crippen LogP contribution in [0.1, 0.15) is 12.8 Å². The minimum absolute atomic E-state index is 0.0910. The van der Waals surface area contributed by atoms with Gasteiger partial charge >= 0.3 is 0 Å². The smallest absolute Gasteiger partial charge is 0.147 e. The van der Waals surface area contributed by atoms with E-state index >= 15 is 0 Å². The molecule has 0 atom stereocenters. The fourth-order valence-corrected chi connectivity index (χ4v) is 1.36. The third-order valence-corrected chi connectivity index (χ3v) is 2.40. The average Bonchev–Trinajstić information content (AvgIpc) is 2.17. The highest BCUT2D eigenvalue weighted by Gasteiger charge is 2.36. The molecule has 1 aliphatic rings. The number of amidine groups is 1. The van der Waals surface area contributed by atoms with Crippen molar-refractivity contribution in [1.82, 2.24) is 0 Å². The molecule has 0 saturated carbocycles. The van der Waals surface area contributed by atoms with Crippen LogP contribution in [0.3, 0.4) is 0 Å². The lowest BCUT2D eigenvalue weighted by atomic mass is 9.80. The van der Waals surface area contributed by atoms with E-state index in [0.29, 0.717) is 26.1 Å². The van der Waals surface area contributed by atoms with Gasteiger partial charge in [0.2, 0.25) is 0 Å². The standard InChI is InChI=1S/C7H14N2O3/c8-6(9-11)7(5-10)1-3-12-4-2-7/h10-11H,1-5H2,(H2,8,9). The van der Waals surface area contributed by atoms with Crippen LogP contribution in [0.2, 0.25) is 0 Å². The van der Waals surface area contributed by atoms with Gasteiger partial charge in [0, 0.05) is 13.2 Å². The van der Waals surface area contributed by atoms with Crippen molar-refractivity contribution in [1.29, 1.82) is 0 Å². The minimum atomic E-state index is -0.562. The Bertz CT molecular complexity index is 175. The monoisotopic (exact) mass is 174 g/mol. The third kappa shape index (κ3) is 1.51. The van der Waals surface area contributed by atoms with Crippen LogP contribution in [-0.2, 0) is 4.74 Å². The normalized spacial score (nSPS) is 23.9. The molecule has 1 rings (SSSR count). The molecular formula is C7H14N2O3. The number of oxime groups is 1. The van der Waals surface area contributed by atoms with E-state index in [1.165, 1.54) is 0 Å². The molecule has 0 unspecified atom stereocenters. The Balaban J connectivity index is 2.73. The predicted octanol–water partition coefficient (Wildman–Crippen LogP) is -0.478. The Morgan fingerprint density at radius 1 is 1.50 bits per heavy atom. The van der Waals surface area contributed by atoms with E-state index in [1.807, 2.05) is 0 Å². The summed E-state index contributed by atoms with van der Waals surface area (Å²) in [5.74, 6) is 0.105. The molecule has 4 N–H and O–H groups in total. The molecule has 0 aromatic carbocycles. The topological polar surface area (TPSA) is 88.1 Å². The van der Waals surface area contributed by atoms with E-state index in [2.05, 4.69) is 5.16 Å². The molecular weight excluding hydrogens is 160 g/mol. The van der Waals surface area contributed by atoms with Crippen LogP contribution in [0.5, 0.6) is 0 Å². The first-order valence-corrected chi connectivity index (χ1v) is 3.92. The van der Waals surface area contributed by atoms with E-state index in [9.17, 15) is 0 Å². The lowest BCUT2D eigenvalue weighted by molar-refractivity contribution is 0.0177. The zero-order valence-corrected chi connectivity index (χ0v) is 6.86. The highest BCUT2D eigenvalue weighted by atomic mass is 16.5. The number of hydrogen-bond donors (Lipinski definition) is 3. The van der Waals surface area contributed by atoms with Crippen LogP contribution < -0.4 is 5.73 Å². The number of aliphatic hydroxyl groups excluding tert-OH is 1. The van der Waals surface area contributed by atoms with Gasteiger partial charge in [-0.2, -0.15) is 0 Å². The van der Waals surface area contributed by atoms with E-state index in [-0.39, 0.29) is 12.4 Å². The largest absolute Gasteiger partial charge is 0.409 e. The summed E-state index contributed by atoms with van der Waals surface area (Å²) in [5.41, 5.74) is 4.92. The quantitative estimate of drug-likeness (QED) is 0.228. The molecule has 0 amide bonds. The molecule has 12 heavy (non-hydrogen) atoms. The minimum Gasteiger partial charge on any atom is -0.409 e. The zero-order chi connectivity index (χ0) is 9.03. The molecule has 5 nitrogen and oxygen atoms in total. The Hall–Kier alpha value is -0.810. The van der Waals surface area contributed by atoms with Crippen molar-refractivity contribution < 1.29 is 15.1 Å². The summed E-state index contributed by atoms with van der Waals surface area (Å²) in [5, 5.41) is 20.5. The second kappa shape index (κ2) is 3.73. The second-order valence-electron chi connectivity index (χ2n) is 3.04. The van der Waals surface area contributed by atoms with Gasteiger partial charge in [0.05, 0.1) is 12.0 Å². The molecule has 5 heteroatoms. The van der Waals surface area contributed by atoms with Gasteiger partial charge in [-0.3, -0.25) is 0 Å². The molecule has 1 fully saturated rings. The number of nitrogens with zero attached hydrogens (tertiary/aromatic N) is 1. The van der Waals surface area contributed by atoms with Gasteiger partial charge in [-0.1, -0.05) is 5.16 Å². The lowest BCUT2D eigenvalue weighted by Crippen LogP contribution is -2.44. The molecule has 0 bridgehead atoms. The molecule has 1 heterocycles. The first-order valence-electron chi connectivity index (χ1n) is 3.92. The maximum absolute atomic E-state index is 9.12. The predicted molar refractivity (Wildman–Crippen MR) is 43.0 cm³/mol. The fraction of sp³-hybridized carbons (Fsp3) is 0.857. The van der Waals surface area contributed by atoms with Crippen molar-refractivity contribution >= 4 is 5.84 Å². The summed E-state index contributed by atoms with van der Waals surface area (Å²) in [6, 6.07) is 0. The number of ether oxygens (including phenoxy) is 1. The van der Waals surface area contributed by atoms with Gasteiger partial charge in [-0.15, -0.1) is 0 Å². The van der Waals surface area contributed by atoms with Gasteiger partial charge in [0.1, 0.15) is 5.84 Å². The maximum atomic E-state index is 9.12. The number of nitrogens with two attached hydrogens (primary N) is 1. The van der Waals surface area contributed by atoms with Crippen molar-refractivity contribution in [2.75, 3.05) is 19.8 Å². The van der Waals surface area contributed by atoms with E-state index in [0.717, 1.165) is 0 Å². The summed E-state index contributed by atoms with van der Waals surface area (Å²) in [4.78, 5) is 0. The van der Waals surface area contributed by atoms with Crippen molar-refractivity contribution in [3.05, 3.63) is 0 Å². The van der Waals surface area contributed by atoms with Crippen LogP contribution in [0.25, 0.3) is 0 Å². The third-order valence-electron chi connectivity index (χ3n) is 2.40. The summed E-state index contributed by atoms with van der Waals surface area (Å²) < 4.78 is 5.12. The summed E-state index contributed by atoms with van der Waals surface area (Å²) in [6.45, 7) is 1.01. The molecule has 70 valence electrons. The van der Waals surface area contributed by atoms with E-state index in [1.54, 1.807) is 0 Å². The van der Waals surface area contributed by atoms with Gasteiger partial charge in [0.15, 0.2) is 0 Å². The van der Waals surface area contributed by atoms with Crippen molar-refractivity contribution in [3.8, 4) is 0 Å². The Kier molecular flexibility index (Phi) is 2.88. The molecule has 0 aliphatic carbocycles. The van der Waals surface area contributed by atoms with Gasteiger partial charge in [0.25, 0.3) is 0 Å². The van der Waals surface area contributed by atoms with Crippen LogP contribution in [0.4, 0.5) is 0 Å². The lowest BCUT2D eigenvalue weighted by Gasteiger charge is -2.33. The van der Waals surface area contributed by atoms with E-state index in [4.69, 9.17) is 20.8 Å². The van der Waals surface area contributed by atoms with Crippen LogP contribution >= 0.6 is 0 Å². The maximum Gasteiger partial charge on any atom is 0.147 e. The van der Waals surface area contributed by atoms with E-state index < -0.39 is 5.41 Å². The van der Waals surface area contributed by atoms with Crippen molar-refractivity contribution in [2.24, 2.45) is 16.3 Å². The Morgan fingerprint density at radius 2 is 2.08 bits per heavy atom. The highest BCUT2D eigenvalue weighted by molar-refractivity contribution is 5.86. The van der Waals surface area contributed by atoms with Crippen molar-refractivity contribution in [3.63, 3.8) is 0 Å². The summed E-state index contributed by atoms with van der Waals surface area (Å²) in [7, 11) is 0. The van der Waals surface area contributed by atoms with Crippen molar-refractivity contribution in [2.45, 2.75) is 12.8 Å². The number of aliphatic hydroxyl groups is 1. The average molecular weight is 174 g/mol. The highest BCUT2D eigenvalue weighted by Crippen LogP contribution is 2.29. The summed E-state index contributed by atoms with van der Waals surface area (Å²) >= 11 is 0. The Labute approximate surface area is 70.8 Å². The molecule has 0 aromatic heterocycles. The molecule has 0 radical (unpaired) electrons. The molecule has 0 spiro atoms. The first kappa shape index (κ1) is 9.28. The van der Waals surface area contributed by atoms with Gasteiger partial charge in [-0.25, -0.2) is 0 Å². The Morgan fingerprint density at radius 3 is 2.50 bits per heavy atom. The SMILES string of the molecule is N/C(=N\O)C1(CO)CCOCC1. The van der Waals surface area contributed by atoms with Gasteiger partial charge < -0.3 is 20.8 Å². The fourth-order valence-electron chi connectivity index (χ4n) is 1.36. The first-order chi connectivity index (χ1) is 5.75. The van der Waals surface area contributed by atoms with Crippen LogP contribution in [0.15, 0.2) is 5.16 Å². The molecule has 1 saturated heterocycles.